The van der Waals surface area contributed by atoms with Crippen molar-refractivity contribution in [3.8, 4) is 0 Å². The van der Waals surface area contributed by atoms with E-state index in [2.05, 4.69) is 10.3 Å². The number of carbonyl (C=O) groups is 2. The molecular formula is C16H24N2O3. The average Bonchev–Trinajstić information content (AvgIpc) is 2.34. The lowest BCUT2D eigenvalue weighted by Crippen LogP contribution is -2.47. The predicted octanol–water partition coefficient (Wildman–Crippen LogP) is 2.11. The number of nitrogens with zero attached hydrogens (tertiary/aromatic N) is 1. The molecule has 0 unspecified atom stereocenters. The van der Waals surface area contributed by atoms with Gasteiger partial charge >= 0.3 is 5.97 Å². The van der Waals surface area contributed by atoms with Crippen molar-refractivity contribution in [2.45, 2.75) is 52.7 Å². The minimum absolute atomic E-state index is 0.0486. The Morgan fingerprint density at radius 2 is 1.95 bits per heavy atom. The molecule has 1 N–H and O–H groups in total. The Hall–Kier alpha value is -1.91. The number of rotatable bonds is 5. The first-order chi connectivity index (χ1) is 9.69. The van der Waals surface area contributed by atoms with Gasteiger partial charge in [-0.25, -0.2) is 4.79 Å². The fourth-order valence-corrected chi connectivity index (χ4v) is 1.75. The lowest BCUT2D eigenvalue weighted by Gasteiger charge is -2.26. The molecule has 0 saturated carbocycles. The van der Waals surface area contributed by atoms with Crippen LogP contribution in [0.4, 0.5) is 0 Å². The zero-order chi connectivity index (χ0) is 16.0. The molecule has 1 atom stereocenters. The van der Waals surface area contributed by atoms with E-state index in [0.29, 0.717) is 5.69 Å². The molecule has 116 valence electrons. The number of aromatic nitrogens is 1. The Balaban J connectivity index is 2.66. The maximum absolute atomic E-state index is 12.1. The Morgan fingerprint density at radius 3 is 2.43 bits per heavy atom. The molecule has 0 aliphatic heterocycles. The monoisotopic (exact) mass is 292 g/mol. The zero-order valence-electron chi connectivity index (χ0n) is 13.3. The fourth-order valence-electron chi connectivity index (χ4n) is 1.75. The number of hydrogen-bond donors (Lipinski definition) is 1. The van der Waals surface area contributed by atoms with E-state index in [4.69, 9.17) is 4.74 Å². The maximum atomic E-state index is 12.1. The van der Waals surface area contributed by atoms with E-state index in [0.717, 1.165) is 0 Å². The fraction of sp³-hybridized carbons (Fsp3) is 0.562. The summed E-state index contributed by atoms with van der Waals surface area (Å²) < 4.78 is 5.34. The van der Waals surface area contributed by atoms with Crippen LogP contribution in [-0.2, 0) is 20.7 Å². The largest absolute Gasteiger partial charge is 0.458 e. The summed E-state index contributed by atoms with van der Waals surface area (Å²) >= 11 is 0. The third kappa shape index (κ3) is 6.38. The van der Waals surface area contributed by atoms with Gasteiger partial charge in [0.15, 0.2) is 0 Å². The van der Waals surface area contributed by atoms with Gasteiger partial charge in [-0.15, -0.1) is 0 Å². The third-order valence-electron chi connectivity index (χ3n) is 2.71. The van der Waals surface area contributed by atoms with Gasteiger partial charge in [0, 0.05) is 11.9 Å². The highest BCUT2D eigenvalue weighted by atomic mass is 16.6. The summed E-state index contributed by atoms with van der Waals surface area (Å²) in [6.45, 7) is 9.15. The molecule has 1 amide bonds. The molecular weight excluding hydrogens is 268 g/mol. The van der Waals surface area contributed by atoms with Crippen LogP contribution in [0.5, 0.6) is 0 Å². The highest BCUT2D eigenvalue weighted by molar-refractivity contribution is 5.85. The van der Waals surface area contributed by atoms with Crippen LogP contribution in [0.3, 0.4) is 0 Å². The Kier molecular flexibility index (Phi) is 5.88. The molecule has 1 aromatic heterocycles. The molecule has 0 aliphatic carbocycles. The van der Waals surface area contributed by atoms with Crippen LogP contribution in [0.1, 0.15) is 40.3 Å². The van der Waals surface area contributed by atoms with Crippen LogP contribution in [0.2, 0.25) is 0 Å². The van der Waals surface area contributed by atoms with Gasteiger partial charge in [-0.05, 0) is 38.8 Å². The quantitative estimate of drug-likeness (QED) is 0.844. The van der Waals surface area contributed by atoms with Gasteiger partial charge < -0.3 is 10.1 Å². The summed E-state index contributed by atoms with van der Waals surface area (Å²) in [6, 6.07) is 4.74. The number of ether oxygens (including phenoxy) is 1. The zero-order valence-corrected chi connectivity index (χ0v) is 13.3. The minimum atomic E-state index is -0.652. The topological polar surface area (TPSA) is 68.3 Å². The number of esters is 1. The lowest BCUT2D eigenvalue weighted by molar-refractivity contribution is -0.160. The second-order valence-electron chi connectivity index (χ2n) is 6.32. The van der Waals surface area contributed by atoms with Crippen LogP contribution in [-0.4, -0.2) is 28.5 Å². The lowest BCUT2D eigenvalue weighted by atomic mass is 10.0. The normalized spacial score (nSPS) is 12.9. The minimum Gasteiger partial charge on any atom is -0.458 e. The first kappa shape index (κ1) is 17.1. The molecule has 0 spiro atoms. The number of hydrogen-bond acceptors (Lipinski definition) is 4. The van der Waals surface area contributed by atoms with Gasteiger partial charge in [0.2, 0.25) is 5.91 Å². The first-order valence-electron chi connectivity index (χ1n) is 7.11. The second kappa shape index (κ2) is 7.20. The van der Waals surface area contributed by atoms with Crippen molar-refractivity contribution in [3.05, 3.63) is 30.1 Å². The van der Waals surface area contributed by atoms with Gasteiger partial charge in [0.25, 0.3) is 0 Å². The van der Waals surface area contributed by atoms with Crippen molar-refractivity contribution in [2.75, 3.05) is 0 Å². The number of nitrogens with one attached hydrogen (secondary N) is 1. The first-order valence-corrected chi connectivity index (χ1v) is 7.11. The van der Waals surface area contributed by atoms with E-state index in [1.165, 1.54) is 0 Å². The molecule has 1 heterocycles. The van der Waals surface area contributed by atoms with Gasteiger partial charge in [0.05, 0.1) is 6.42 Å². The summed E-state index contributed by atoms with van der Waals surface area (Å²) in [5.41, 5.74) is 0.0948. The Labute approximate surface area is 126 Å². The van der Waals surface area contributed by atoms with Crippen LogP contribution in [0.15, 0.2) is 24.4 Å². The van der Waals surface area contributed by atoms with Crippen LogP contribution < -0.4 is 5.32 Å². The van der Waals surface area contributed by atoms with Gasteiger partial charge in [-0.1, -0.05) is 19.9 Å². The van der Waals surface area contributed by atoms with Crippen molar-refractivity contribution in [1.29, 1.82) is 0 Å². The van der Waals surface area contributed by atoms with Crippen molar-refractivity contribution in [1.82, 2.24) is 10.3 Å². The summed E-state index contributed by atoms with van der Waals surface area (Å²) in [5, 5.41) is 2.73. The van der Waals surface area contributed by atoms with Crippen LogP contribution in [0, 0.1) is 5.92 Å². The van der Waals surface area contributed by atoms with Crippen molar-refractivity contribution < 1.29 is 14.3 Å². The molecule has 0 bridgehead atoms. The maximum Gasteiger partial charge on any atom is 0.329 e. The highest BCUT2D eigenvalue weighted by Gasteiger charge is 2.29. The van der Waals surface area contributed by atoms with Crippen molar-refractivity contribution in [3.63, 3.8) is 0 Å². The molecule has 0 aromatic carbocycles. The molecule has 5 heteroatoms. The molecule has 0 fully saturated rings. The van der Waals surface area contributed by atoms with Crippen LogP contribution in [0.25, 0.3) is 0 Å². The smallest absolute Gasteiger partial charge is 0.329 e. The predicted molar refractivity (Wildman–Crippen MR) is 80.6 cm³/mol. The SMILES string of the molecule is CC(C)[C@@H](NC(=O)Cc1ccccn1)C(=O)OC(C)(C)C. The molecule has 0 saturated heterocycles. The summed E-state index contributed by atoms with van der Waals surface area (Å²) in [5.74, 6) is -0.697. The highest BCUT2D eigenvalue weighted by Crippen LogP contribution is 2.12. The average molecular weight is 292 g/mol. The number of carbonyl (C=O) groups excluding carboxylic acids is 2. The van der Waals surface area contributed by atoms with E-state index in [-0.39, 0.29) is 18.2 Å². The van der Waals surface area contributed by atoms with Gasteiger partial charge in [-0.2, -0.15) is 0 Å². The molecule has 0 aliphatic rings. The summed E-state index contributed by atoms with van der Waals surface area (Å²) in [4.78, 5) is 28.3. The number of pyridine rings is 1. The molecule has 21 heavy (non-hydrogen) atoms. The Bertz CT molecular complexity index is 478. The summed E-state index contributed by atoms with van der Waals surface area (Å²) in [6.07, 6.45) is 1.78. The van der Waals surface area contributed by atoms with E-state index in [1.54, 1.807) is 39.1 Å². The van der Waals surface area contributed by atoms with Crippen LogP contribution >= 0.6 is 0 Å². The summed E-state index contributed by atoms with van der Waals surface area (Å²) in [7, 11) is 0. The molecule has 0 radical (unpaired) electrons. The number of amides is 1. The standard InChI is InChI=1S/C16H24N2O3/c1-11(2)14(15(20)21-16(3,4)5)18-13(19)10-12-8-6-7-9-17-12/h6-9,11,14H,10H2,1-5H3,(H,18,19)/t14-/m1/s1. The van der Waals surface area contributed by atoms with E-state index in [9.17, 15) is 9.59 Å². The van der Waals surface area contributed by atoms with Gasteiger partial charge in [-0.3, -0.25) is 9.78 Å². The van der Waals surface area contributed by atoms with Crippen molar-refractivity contribution in [2.24, 2.45) is 5.92 Å². The van der Waals surface area contributed by atoms with E-state index in [1.807, 2.05) is 19.9 Å². The van der Waals surface area contributed by atoms with Gasteiger partial charge in [0.1, 0.15) is 11.6 Å². The second-order valence-corrected chi connectivity index (χ2v) is 6.32. The Morgan fingerprint density at radius 1 is 1.29 bits per heavy atom. The van der Waals surface area contributed by atoms with E-state index < -0.39 is 17.6 Å². The molecule has 1 rings (SSSR count). The van der Waals surface area contributed by atoms with Crippen molar-refractivity contribution >= 4 is 11.9 Å². The molecule has 1 aromatic rings. The molecule has 5 nitrogen and oxygen atoms in total. The van der Waals surface area contributed by atoms with E-state index >= 15 is 0 Å². The third-order valence-corrected chi connectivity index (χ3v) is 2.71.